The van der Waals surface area contributed by atoms with Gasteiger partial charge in [0.05, 0.1) is 11.4 Å². The second-order valence-corrected chi connectivity index (χ2v) is 8.44. The second-order valence-electron chi connectivity index (χ2n) is 6.39. The van der Waals surface area contributed by atoms with E-state index in [9.17, 15) is 18.0 Å². The third-order valence-corrected chi connectivity index (χ3v) is 5.57. The Morgan fingerprint density at radius 2 is 1.48 bits per heavy atom. The van der Waals surface area contributed by atoms with Gasteiger partial charge in [-0.1, -0.05) is 6.07 Å². The van der Waals surface area contributed by atoms with Crippen LogP contribution >= 0.6 is 0 Å². The molecule has 0 spiro atoms. The molecule has 2 N–H and O–H groups in total. The Hall–Kier alpha value is -2.71. The summed E-state index contributed by atoms with van der Waals surface area (Å²) >= 11 is 0. The van der Waals surface area contributed by atoms with E-state index in [2.05, 4.69) is 10.6 Å². The molecule has 0 bridgehead atoms. The van der Waals surface area contributed by atoms with Gasteiger partial charge >= 0.3 is 0 Å². The van der Waals surface area contributed by atoms with E-state index >= 15 is 0 Å². The monoisotopic (exact) mass is 389 g/mol. The molecule has 0 aromatic heterocycles. The molecule has 0 saturated carbocycles. The Morgan fingerprint density at radius 1 is 0.926 bits per heavy atom. The van der Waals surface area contributed by atoms with Crippen molar-refractivity contribution in [2.75, 3.05) is 24.2 Å². The summed E-state index contributed by atoms with van der Waals surface area (Å²) in [7, 11) is -2.48. The standard InChI is InChI=1S/C19H23N3O4S/c1-13-9-14(2)11-17(10-13)21-19(24)12-22(4)27(25,26)18-7-5-16(6-8-18)20-15(3)23/h5-11H,12H2,1-4H3,(H,20,23)(H,21,24). The van der Waals surface area contributed by atoms with E-state index in [1.165, 1.54) is 38.2 Å². The number of hydrogen-bond donors (Lipinski definition) is 2. The van der Waals surface area contributed by atoms with Crippen LogP contribution in [-0.4, -0.2) is 38.1 Å². The summed E-state index contributed by atoms with van der Waals surface area (Å²) in [5, 5.41) is 5.29. The predicted octanol–water partition coefficient (Wildman–Crippen LogP) is 2.52. The Labute approximate surface area is 159 Å². The van der Waals surface area contributed by atoms with Crippen LogP contribution in [0.1, 0.15) is 18.1 Å². The van der Waals surface area contributed by atoms with E-state index in [0.29, 0.717) is 11.4 Å². The van der Waals surface area contributed by atoms with E-state index in [-0.39, 0.29) is 17.3 Å². The summed E-state index contributed by atoms with van der Waals surface area (Å²) in [6.07, 6.45) is 0. The van der Waals surface area contributed by atoms with Crippen LogP contribution in [0.4, 0.5) is 11.4 Å². The fraction of sp³-hybridized carbons (Fsp3) is 0.263. The molecule has 2 aromatic carbocycles. The largest absolute Gasteiger partial charge is 0.326 e. The van der Waals surface area contributed by atoms with E-state index in [1.54, 1.807) is 0 Å². The van der Waals surface area contributed by atoms with Crippen molar-refractivity contribution in [1.82, 2.24) is 4.31 Å². The Bertz CT molecular complexity index is 933. The lowest BCUT2D eigenvalue weighted by Gasteiger charge is -2.17. The van der Waals surface area contributed by atoms with Crippen molar-refractivity contribution in [2.24, 2.45) is 0 Å². The summed E-state index contributed by atoms with van der Waals surface area (Å²) in [4.78, 5) is 23.3. The zero-order valence-corrected chi connectivity index (χ0v) is 16.6. The average Bonchev–Trinajstić information content (AvgIpc) is 2.53. The maximum atomic E-state index is 12.6. The third-order valence-electron chi connectivity index (χ3n) is 3.75. The fourth-order valence-corrected chi connectivity index (χ4v) is 3.76. The van der Waals surface area contributed by atoms with Gasteiger partial charge in [0.15, 0.2) is 0 Å². The highest BCUT2D eigenvalue weighted by Crippen LogP contribution is 2.18. The molecular weight excluding hydrogens is 366 g/mol. The molecule has 0 radical (unpaired) electrons. The number of sulfonamides is 1. The summed E-state index contributed by atoms with van der Waals surface area (Å²) in [5.74, 6) is -0.674. The number of rotatable bonds is 6. The number of benzene rings is 2. The van der Waals surface area contributed by atoms with Gasteiger partial charge < -0.3 is 10.6 Å². The molecule has 0 atom stereocenters. The number of anilines is 2. The quantitative estimate of drug-likeness (QED) is 0.794. The van der Waals surface area contributed by atoms with Crippen LogP contribution in [-0.2, 0) is 19.6 Å². The first-order valence-corrected chi connectivity index (χ1v) is 9.74. The lowest BCUT2D eigenvalue weighted by atomic mass is 10.1. The number of amides is 2. The Balaban J connectivity index is 2.07. The van der Waals surface area contributed by atoms with Crippen LogP contribution in [0.5, 0.6) is 0 Å². The van der Waals surface area contributed by atoms with Gasteiger partial charge in [0, 0.05) is 25.3 Å². The lowest BCUT2D eigenvalue weighted by Crippen LogP contribution is -2.35. The molecule has 7 nitrogen and oxygen atoms in total. The molecule has 0 aliphatic heterocycles. The minimum atomic E-state index is -3.83. The number of nitrogens with one attached hydrogen (secondary N) is 2. The van der Waals surface area contributed by atoms with Crippen LogP contribution in [0, 0.1) is 13.8 Å². The molecule has 2 amide bonds. The van der Waals surface area contributed by atoms with E-state index in [4.69, 9.17) is 0 Å². The van der Waals surface area contributed by atoms with Gasteiger partial charge in [-0.25, -0.2) is 8.42 Å². The molecule has 0 aliphatic rings. The van der Waals surface area contributed by atoms with Crippen molar-refractivity contribution in [3.8, 4) is 0 Å². The molecule has 144 valence electrons. The maximum Gasteiger partial charge on any atom is 0.243 e. The molecule has 0 heterocycles. The third kappa shape index (κ3) is 5.63. The van der Waals surface area contributed by atoms with Crippen molar-refractivity contribution in [3.05, 3.63) is 53.6 Å². The number of nitrogens with zero attached hydrogens (tertiary/aromatic N) is 1. The van der Waals surface area contributed by atoms with Gasteiger partial charge in [-0.2, -0.15) is 4.31 Å². The summed E-state index contributed by atoms with van der Waals surface area (Å²) in [6, 6.07) is 11.4. The molecular formula is C19H23N3O4S. The number of likely N-dealkylation sites (N-methyl/N-ethyl adjacent to an activating group) is 1. The first-order valence-electron chi connectivity index (χ1n) is 8.30. The van der Waals surface area contributed by atoms with Crippen LogP contribution in [0.2, 0.25) is 0 Å². The Morgan fingerprint density at radius 3 is 2.00 bits per heavy atom. The SMILES string of the molecule is CC(=O)Nc1ccc(S(=O)(=O)N(C)CC(=O)Nc2cc(C)cc(C)c2)cc1. The minimum Gasteiger partial charge on any atom is -0.326 e. The molecule has 2 rings (SSSR count). The van der Waals surface area contributed by atoms with Crippen LogP contribution in [0.15, 0.2) is 47.4 Å². The summed E-state index contributed by atoms with van der Waals surface area (Å²) in [6.45, 7) is 4.89. The highest BCUT2D eigenvalue weighted by molar-refractivity contribution is 7.89. The zero-order valence-electron chi connectivity index (χ0n) is 15.7. The normalized spacial score (nSPS) is 11.3. The van der Waals surface area contributed by atoms with Gasteiger partial charge in [-0.15, -0.1) is 0 Å². The molecule has 0 saturated heterocycles. The van der Waals surface area contributed by atoms with Crippen molar-refractivity contribution in [3.63, 3.8) is 0 Å². The number of aryl methyl sites for hydroxylation is 2. The van der Waals surface area contributed by atoms with Gasteiger partial charge in [0.1, 0.15) is 0 Å². The molecule has 8 heteroatoms. The van der Waals surface area contributed by atoms with Crippen LogP contribution in [0.25, 0.3) is 0 Å². The predicted molar refractivity (Wildman–Crippen MR) is 105 cm³/mol. The van der Waals surface area contributed by atoms with Crippen LogP contribution in [0.3, 0.4) is 0 Å². The van der Waals surface area contributed by atoms with Gasteiger partial charge in [0.25, 0.3) is 0 Å². The van der Waals surface area contributed by atoms with Gasteiger partial charge in [-0.05, 0) is 61.4 Å². The number of hydrogen-bond acceptors (Lipinski definition) is 4. The maximum absolute atomic E-state index is 12.6. The summed E-state index contributed by atoms with van der Waals surface area (Å²) < 4.78 is 26.2. The van der Waals surface area contributed by atoms with E-state index in [0.717, 1.165) is 15.4 Å². The number of carbonyl (C=O) groups excluding carboxylic acids is 2. The van der Waals surface area contributed by atoms with Crippen molar-refractivity contribution >= 4 is 33.2 Å². The average molecular weight is 389 g/mol. The highest BCUT2D eigenvalue weighted by atomic mass is 32.2. The smallest absolute Gasteiger partial charge is 0.243 e. The summed E-state index contributed by atoms with van der Waals surface area (Å²) in [5.41, 5.74) is 3.13. The lowest BCUT2D eigenvalue weighted by molar-refractivity contribution is -0.116. The second kappa shape index (κ2) is 8.32. The first kappa shape index (κ1) is 20.6. The molecule has 0 fully saturated rings. The topological polar surface area (TPSA) is 95.6 Å². The van der Waals surface area contributed by atoms with E-state index in [1.807, 2.05) is 32.0 Å². The van der Waals surface area contributed by atoms with Crippen molar-refractivity contribution < 1.29 is 18.0 Å². The minimum absolute atomic E-state index is 0.0401. The molecule has 0 unspecified atom stereocenters. The van der Waals surface area contributed by atoms with Crippen molar-refractivity contribution in [2.45, 2.75) is 25.7 Å². The van der Waals surface area contributed by atoms with E-state index < -0.39 is 15.9 Å². The van der Waals surface area contributed by atoms with Crippen molar-refractivity contribution in [1.29, 1.82) is 0 Å². The molecule has 2 aromatic rings. The highest BCUT2D eigenvalue weighted by Gasteiger charge is 2.23. The van der Waals surface area contributed by atoms with Gasteiger partial charge in [0.2, 0.25) is 21.8 Å². The van der Waals surface area contributed by atoms with Gasteiger partial charge in [-0.3, -0.25) is 9.59 Å². The molecule has 0 aliphatic carbocycles. The zero-order chi connectivity index (χ0) is 20.2. The molecule has 27 heavy (non-hydrogen) atoms. The van der Waals surface area contributed by atoms with Crippen LogP contribution < -0.4 is 10.6 Å². The fourth-order valence-electron chi connectivity index (χ4n) is 2.63. The Kier molecular flexibility index (Phi) is 6.35. The number of carbonyl (C=O) groups is 2. The first-order chi connectivity index (χ1) is 12.6.